The fourth-order valence-electron chi connectivity index (χ4n) is 1.10. The second-order valence-corrected chi connectivity index (χ2v) is 3.87. The van der Waals surface area contributed by atoms with Gasteiger partial charge < -0.3 is 10.0 Å². The number of aromatic nitrogens is 1. The largest absolute Gasteiger partial charge is 0.395 e. The normalized spacial score (nSPS) is 10.1. The Morgan fingerprint density at radius 2 is 2.33 bits per heavy atom. The highest BCUT2D eigenvalue weighted by molar-refractivity contribution is 7.98. The molecule has 0 fully saturated rings. The zero-order chi connectivity index (χ0) is 11.3. The Labute approximate surface area is 93.3 Å². The van der Waals surface area contributed by atoms with Crippen molar-refractivity contribution in [3.8, 4) is 0 Å². The Morgan fingerprint density at radius 3 is 2.80 bits per heavy atom. The third-order valence-corrected chi connectivity index (χ3v) is 2.63. The van der Waals surface area contributed by atoms with Crippen molar-refractivity contribution in [3.63, 3.8) is 0 Å². The zero-order valence-corrected chi connectivity index (χ0v) is 9.62. The number of carbonyl (C=O) groups excluding carboxylic acids is 1. The van der Waals surface area contributed by atoms with Crippen LogP contribution < -0.4 is 0 Å². The summed E-state index contributed by atoms with van der Waals surface area (Å²) < 4.78 is 0. The molecule has 0 aliphatic rings. The van der Waals surface area contributed by atoms with Gasteiger partial charge in [-0.2, -0.15) is 0 Å². The van der Waals surface area contributed by atoms with Crippen molar-refractivity contribution >= 4 is 17.7 Å². The van der Waals surface area contributed by atoms with Gasteiger partial charge in [0, 0.05) is 19.8 Å². The number of hydrogen-bond acceptors (Lipinski definition) is 4. The lowest BCUT2D eigenvalue weighted by atomic mass is 10.2. The number of nitrogens with zero attached hydrogens (tertiary/aromatic N) is 2. The highest BCUT2D eigenvalue weighted by atomic mass is 32.2. The molecule has 1 heterocycles. The van der Waals surface area contributed by atoms with Crippen LogP contribution in [0.3, 0.4) is 0 Å². The second kappa shape index (κ2) is 5.72. The van der Waals surface area contributed by atoms with Gasteiger partial charge in [-0.3, -0.25) is 4.79 Å². The van der Waals surface area contributed by atoms with Crippen LogP contribution in [0, 0.1) is 0 Å². The first-order valence-corrected chi connectivity index (χ1v) is 5.78. The zero-order valence-electron chi connectivity index (χ0n) is 8.80. The van der Waals surface area contributed by atoms with Crippen LogP contribution in [0.4, 0.5) is 0 Å². The summed E-state index contributed by atoms with van der Waals surface area (Å²) >= 11 is 1.53. The smallest absolute Gasteiger partial charge is 0.255 e. The fraction of sp³-hybridized carbons (Fsp3) is 0.400. The quantitative estimate of drug-likeness (QED) is 0.774. The minimum Gasteiger partial charge on any atom is -0.395 e. The molecule has 1 aromatic rings. The maximum Gasteiger partial charge on any atom is 0.255 e. The third-order valence-electron chi connectivity index (χ3n) is 1.97. The van der Waals surface area contributed by atoms with E-state index in [1.165, 1.54) is 16.7 Å². The number of thioether (sulfide) groups is 1. The molecule has 0 radical (unpaired) electrons. The molecule has 5 heteroatoms. The molecule has 1 amide bonds. The number of pyridine rings is 1. The third kappa shape index (κ3) is 3.21. The summed E-state index contributed by atoms with van der Waals surface area (Å²) in [5.41, 5.74) is 0.545. The second-order valence-electron chi connectivity index (χ2n) is 3.04. The minimum atomic E-state index is -0.121. The van der Waals surface area contributed by atoms with Gasteiger partial charge in [0.25, 0.3) is 5.91 Å². The van der Waals surface area contributed by atoms with Crippen molar-refractivity contribution in [1.82, 2.24) is 9.88 Å². The molecule has 0 atom stereocenters. The molecule has 0 unspecified atom stereocenters. The van der Waals surface area contributed by atoms with Gasteiger partial charge in [0.05, 0.1) is 17.2 Å². The lowest BCUT2D eigenvalue weighted by Crippen LogP contribution is -2.29. The predicted octanol–water partition coefficient (Wildman–Crippen LogP) is 0.868. The van der Waals surface area contributed by atoms with Crippen LogP contribution in [-0.4, -0.2) is 47.4 Å². The van der Waals surface area contributed by atoms with Crippen molar-refractivity contribution < 1.29 is 9.90 Å². The number of aliphatic hydroxyl groups excluding tert-OH is 1. The summed E-state index contributed by atoms with van der Waals surface area (Å²) in [6.45, 7) is 0.307. The standard InChI is InChI=1S/C10H14N2O2S/c1-12(5-6-13)10(14)8-3-4-9(15-2)11-7-8/h3-4,7,13H,5-6H2,1-2H3. The van der Waals surface area contributed by atoms with Crippen LogP contribution >= 0.6 is 11.8 Å². The maximum atomic E-state index is 11.7. The van der Waals surface area contributed by atoms with E-state index in [1.807, 2.05) is 12.3 Å². The molecule has 1 aromatic heterocycles. The van der Waals surface area contributed by atoms with E-state index < -0.39 is 0 Å². The van der Waals surface area contributed by atoms with Crippen LogP contribution in [0.2, 0.25) is 0 Å². The molecular formula is C10H14N2O2S. The molecular weight excluding hydrogens is 212 g/mol. The number of aliphatic hydroxyl groups is 1. The number of rotatable bonds is 4. The molecule has 0 saturated carbocycles. The summed E-state index contributed by atoms with van der Waals surface area (Å²) in [5, 5.41) is 9.59. The van der Waals surface area contributed by atoms with Gasteiger partial charge in [-0.25, -0.2) is 4.98 Å². The van der Waals surface area contributed by atoms with Crippen LogP contribution in [0.5, 0.6) is 0 Å². The first kappa shape index (κ1) is 12.0. The number of amides is 1. The summed E-state index contributed by atoms with van der Waals surface area (Å²) in [7, 11) is 1.65. The Bertz CT molecular complexity index is 327. The summed E-state index contributed by atoms with van der Waals surface area (Å²) in [6.07, 6.45) is 3.49. The van der Waals surface area contributed by atoms with Gasteiger partial charge in [0.2, 0.25) is 0 Å². The van der Waals surface area contributed by atoms with E-state index in [4.69, 9.17) is 5.11 Å². The van der Waals surface area contributed by atoms with E-state index in [9.17, 15) is 4.79 Å². The topological polar surface area (TPSA) is 53.4 Å². The van der Waals surface area contributed by atoms with E-state index in [0.717, 1.165) is 5.03 Å². The first-order valence-electron chi connectivity index (χ1n) is 4.55. The highest BCUT2D eigenvalue weighted by Crippen LogP contribution is 2.11. The van der Waals surface area contributed by atoms with Crippen molar-refractivity contribution in [3.05, 3.63) is 23.9 Å². The average Bonchev–Trinajstić information content (AvgIpc) is 2.28. The number of carbonyl (C=O) groups is 1. The molecule has 0 aromatic carbocycles. The molecule has 0 saturated heterocycles. The van der Waals surface area contributed by atoms with Crippen LogP contribution in [0.1, 0.15) is 10.4 Å². The van der Waals surface area contributed by atoms with Crippen LogP contribution in [0.25, 0.3) is 0 Å². The van der Waals surface area contributed by atoms with E-state index in [-0.39, 0.29) is 12.5 Å². The lowest BCUT2D eigenvalue weighted by Gasteiger charge is -2.15. The van der Waals surface area contributed by atoms with E-state index in [0.29, 0.717) is 12.1 Å². The molecule has 1 rings (SSSR count). The van der Waals surface area contributed by atoms with Gasteiger partial charge in [-0.05, 0) is 18.4 Å². The molecule has 0 aliphatic heterocycles. The lowest BCUT2D eigenvalue weighted by molar-refractivity contribution is 0.0766. The monoisotopic (exact) mass is 226 g/mol. The van der Waals surface area contributed by atoms with Crippen LogP contribution in [0.15, 0.2) is 23.4 Å². The molecule has 0 aliphatic carbocycles. The Kier molecular flexibility index (Phi) is 4.58. The SMILES string of the molecule is CSc1ccc(C(=O)N(C)CCO)cn1. The van der Waals surface area contributed by atoms with Gasteiger partial charge in [0.15, 0.2) is 0 Å². The number of hydrogen-bond donors (Lipinski definition) is 1. The average molecular weight is 226 g/mol. The van der Waals surface area contributed by atoms with Gasteiger partial charge in [-0.1, -0.05) is 0 Å². The Hall–Kier alpha value is -1.07. The summed E-state index contributed by atoms with van der Waals surface area (Å²) in [6, 6.07) is 3.56. The van der Waals surface area contributed by atoms with Crippen molar-refractivity contribution in [2.75, 3.05) is 26.5 Å². The molecule has 0 spiro atoms. The predicted molar refractivity (Wildman–Crippen MR) is 60.1 cm³/mol. The van der Waals surface area contributed by atoms with Crippen molar-refractivity contribution in [1.29, 1.82) is 0 Å². The van der Waals surface area contributed by atoms with E-state index >= 15 is 0 Å². The van der Waals surface area contributed by atoms with E-state index in [2.05, 4.69) is 4.98 Å². The van der Waals surface area contributed by atoms with Crippen LogP contribution in [-0.2, 0) is 0 Å². The van der Waals surface area contributed by atoms with Gasteiger partial charge >= 0.3 is 0 Å². The minimum absolute atomic E-state index is 0.0292. The van der Waals surface area contributed by atoms with Gasteiger partial charge in [0.1, 0.15) is 0 Å². The molecule has 1 N–H and O–H groups in total. The summed E-state index contributed by atoms with van der Waals surface area (Å²) in [4.78, 5) is 17.3. The molecule has 0 bridgehead atoms. The van der Waals surface area contributed by atoms with Gasteiger partial charge in [-0.15, -0.1) is 11.8 Å². The maximum absolute atomic E-state index is 11.7. The Balaban J connectivity index is 2.73. The Morgan fingerprint density at radius 1 is 1.60 bits per heavy atom. The van der Waals surface area contributed by atoms with E-state index in [1.54, 1.807) is 19.3 Å². The first-order chi connectivity index (χ1) is 7.19. The van der Waals surface area contributed by atoms with Crippen molar-refractivity contribution in [2.45, 2.75) is 5.03 Å². The molecule has 82 valence electrons. The van der Waals surface area contributed by atoms with Crippen molar-refractivity contribution in [2.24, 2.45) is 0 Å². The highest BCUT2D eigenvalue weighted by Gasteiger charge is 2.10. The molecule has 4 nitrogen and oxygen atoms in total. The molecule has 15 heavy (non-hydrogen) atoms. The number of likely N-dealkylation sites (N-methyl/N-ethyl adjacent to an activating group) is 1. The fourth-order valence-corrected chi connectivity index (χ4v) is 1.46. The summed E-state index contributed by atoms with van der Waals surface area (Å²) in [5.74, 6) is -0.121.